The van der Waals surface area contributed by atoms with Crippen LogP contribution in [0.4, 0.5) is 0 Å². The van der Waals surface area contributed by atoms with Crippen LogP contribution in [0.3, 0.4) is 0 Å². The van der Waals surface area contributed by atoms with Gasteiger partial charge in [0.1, 0.15) is 29.6 Å². The molecular formula is C68H62O8. The van der Waals surface area contributed by atoms with Crippen LogP contribution in [0.25, 0.3) is 76.8 Å². The standard InChI is InChI=1S/C68H62O8/c1-66(2,3)49-25-43-12-11-39-13-18-52(57-22-17-44(26-49)62(43)63(39)57)42-16-21-55-54-19-14-40(31-59(54)67(4,5)60(55)33-42)41-15-20-56-53-9-6-7-10-58(53)68(61(56)32-41,38-76-51-29-47(36-71)65(74)48(30-51)37-72)23-8-24-75-50-27-45(34-69)64(73)46(28-50)35-70/h6-7,9-22,25-33,69-74H,8,23-24,34-38H2,1-5H3. The van der Waals surface area contributed by atoms with E-state index in [0.29, 0.717) is 30.9 Å². The summed E-state index contributed by atoms with van der Waals surface area (Å²) in [5.74, 6) is 0.539. The topological polar surface area (TPSA) is 140 Å². The lowest BCUT2D eigenvalue weighted by Crippen LogP contribution is -2.33. The normalized spacial score (nSPS) is 15.3. The molecule has 0 fully saturated rings. The molecular weight excluding hydrogens is 945 g/mol. The molecule has 0 bridgehead atoms. The molecule has 0 radical (unpaired) electrons. The Morgan fingerprint density at radius 3 is 1.51 bits per heavy atom. The van der Waals surface area contributed by atoms with E-state index in [1.54, 1.807) is 24.3 Å². The molecule has 1 unspecified atom stereocenters. The Morgan fingerprint density at radius 2 is 0.921 bits per heavy atom. The number of hydrogen-bond acceptors (Lipinski definition) is 8. The van der Waals surface area contributed by atoms with Gasteiger partial charge >= 0.3 is 0 Å². The summed E-state index contributed by atoms with van der Waals surface area (Å²) in [6.07, 6.45) is 1.17. The first kappa shape index (κ1) is 49.2. The van der Waals surface area contributed by atoms with Gasteiger partial charge in [-0.3, -0.25) is 0 Å². The van der Waals surface area contributed by atoms with Gasteiger partial charge in [-0.05, 0) is 165 Å². The molecule has 2 aliphatic rings. The highest BCUT2D eigenvalue weighted by Crippen LogP contribution is 2.55. The molecule has 76 heavy (non-hydrogen) atoms. The lowest BCUT2D eigenvalue weighted by molar-refractivity contribution is 0.215. The Hall–Kier alpha value is -7.72. The van der Waals surface area contributed by atoms with Crippen LogP contribution in [0.15, 0.2) is 152 Å². The van der Waals surface area contributed by atoms with Crippen molar-refractivity contribution >= 4 is 32.3 Å². The van der Waals surface area contributed by atoms with Gasteiger partial charge in [-0.2, -0.15) is 0 Å². The van der Waals surface area contributed by atoms with Crippen LogP contribution in [0.1, 0.15) is 97.5 Å². The highest BCUT2D eigenvalue weighted by Gasteiger charge is 2.44. The van der Waals surface area contributed by atoms with Gasteiger partial charge in [-0.1, -0.05) is 144 Å². The highest BCUT2D eigenvalue weighted by atomic mass is 16.5. The second kappa shape index (κ2) is 18.5. The van der Waals surface area contributed by atoms with Gasteiger partial charge in [0.05, 0.1) is 38.4 Å². The van der Waals surface area contributed by atoms with Crippen LogP contribution < -0.4 is 9.47 Å². The van der Waals surface area contributed by atoms with Crippen molar-refractivity contribution in [2.75, 3.05) is 13.2 Å². The van der Waals surface area contributed by atoms with E-state index < -0.39 is 31.8 Å². The third-order valence-corrected chi connectivity index (χ3v) is 16.7. The average Bonchev–Trinajstić information content (AvgIpc) is 4.06. The van der Waals surface area contributed by atoms with Gasteiger partial charge in [0, 0.05) is 27.7 Å². The Kier molecular flexibility index (Phi) is 12.0. The number of aliphatic hydroxyl groups excluding tert-OH is 4. The fourth-order valence-electron chi connectivity index (χ4n) is 12.6. The molecule has 0 aromatic heterocycles. The molecule has 10 aromatic carbocycles. The summed E-state index contributed by atoms with van der Waals surface area (Å²) in [7, 11) is 0. The summed E-state index contributed by atoms with van der Waals surface area (Å²) < 4.78 is 13.0. The highest BCUT2D eigenvalue weighted by molar-refractivity contribution is 6.25. The molecule has 0 aliphatic heterocycles. The van der Waals surface area contributed by atoms with E-state index in [2.05, 4.69) is 156 Å². The molecule has 0 spiro atoms. The van der Waals surface area contributed by atoms with Crippen LogP contribution in [0.2, 0.25) is 0 Å². The maximum absolute atomic E-state index is 10.7. The van der Waals surface area contributed by atoms with E-state index in [9.17, 15) is 30.6 Å². The minimum atomic E-state index is -0.702. The molecule has 0 saturated heterocycles. The molecule has 2 aliphatic carbocycles. The summed E-state index contributed by atoms with van der Waals surface area (Å²) in [6.45, 7) is 10.3. The van der Waals surface area contributed by atoms with Crippen LogP contribution in [-0.2, 0) is 42.7 Å². The second-order valence-corrected chi connectivity index (χ2v) is 22.5. The first-order valence-corrected chi connectivity index (χ1v) is 26.3. The molecule has 0 saturated carbocycles. The number of hydrogen-bond donors (Lipinski definition) is 6. The van der Waals surface area contributed by atoms with Gasteiger partial charge in [-0.15, -0.1) is 0 Å². The van der Waals surface area contributed by atoms with Crippen molar-refractivity contribution in [1.29, 1.82) is 0 Å². The zero-order valence-corrected chi connectivity index (χ0v) is 43.6. The summed E-state index contributed by atoms with van der Waals surface area (Å²) in [6, 6.07) is 54.0. The molecule has 8 nitrogen and oxygen atoms in total. The van der Waals surface area contributed by atoms with Crippen molar-refractivity contribution in [1.82, 2.24) is 0 Å². The zero-order valence-electron chi connectivity index (χ0n) is 43.6. The summed E-state index contributed by atoms with van der Waals surface area (Å²) in [4.78, 5) is 0. The quantitative estimate of drug-likeness (QED) is 0.0468. The Bertz CT molecular complexity index is 3870. The molecule has 12 rings (SSSR count). The van der Waals surface area contributed by atoms with Gasteiger partial charge in [-0.25, -0.2) is 0 Å². The van der Waals surface area contributed by atoms with E-state index in [1.165, 1.54) is 71.3 Å². The molecule has 382 valence electrons. The number of ether oxygens (including phenoxy) is 2. The summed E-state index contributed by atoms with van der Waals surface area (Å²) in [5.41, 5.74) is 15.5. The van der Waals surface area contributed by atoms with Crippen molar-refractivity contribution < 1.29 is 40.1 Å². The van der Waals surface area contributed by atoms with E-state index in [4.69, 9.17) is 9.47 Å². The van der Waals surface area contributed by atoms with Crippen molar-refractivity contribution in [3.8, 4) is 67.5 Å². The average molecular weight is 1010 g/mol. The zero-order chi connectivity index (χ0) is 52.8. The molecule has 0 heterocycles. The monoisotopic (exact) mass is 1010 g/mol. The predicted molar refractivity (Wildman–Crippen MR) is 304 cm³/mol. The second-order valence-electron chi connectivity index (χ2n) is 22.5. The molecule has 0 amide bonds. The maximum Gasteiger partial charge on any atom is 0.126 e. The number of aliphatic hydroxyl groups is 4. The predicted octanol–water partition coefficient (Wildman–Crippen LogP) is 14.1. The molecule has 6 N–H and O–H groups in total. The largest absolute Gasteiger partial charge is 0.507 e. The number of phenols is 2. The number of aromatic hydroxyl groups is 2. The SMILES string of the molecule is CC(C)(C)c1cc2ccc3ccc(-c4ccc5c(c4)C(C)(C)c4cc(-c6ccc7c(c6)C(CCCOc6cc(CO)c(O)c(CO)c6)(COc6cc(CO)c(O)c(CO)c6)c6ccccc6-7)ccc4-5)c4ccc(c1)c2c34. The van der Waals surface area contributed by atoms with Gasteiger partial charge in [0.2, 0.25) is 0 Å². The van der Waals surface area contributed by atoms with Gasteiger partial charge in [0.15, 0.2) is 0 Å². The van der Waals surface area contributed by atoms with Crippen LogP contribution in [0, 0.1) is 0 Å². The fourth-order valence-corrected chi connectivity index (χ4v) is 12.6. The smallest absolute Gasteiger partial charge is 0.126 e. The van der Waals surface area contributed by atoms with Crippen LogP contribution in [0.5, 0.6) is 23.0 Å². The molecule has 1 atom stereocenters. The van der Waals surface area contributed by atoms with Crippen LogP contribution in [-0.4, -0.2) is 43.9 Å². The summed E-state index contributed by atoms with van der Waals surface area (Å²) in [5, 5.41) is 69.2. The summed E-state index contributed by atoms with van der Waals surface area (Å²) >= 11 is 0. The Morgan fingerprint density at radius 1 is 0.447 bits per heavy atom. The lowest BCUT2D eigenvalue weighted by Gasteiger charge is -2.33. The third kappa shape index (κ3) is 7.88. The third-order valence-electron chi connectivity index (χ3n) is 16.7. The lowest BCUT2D eigenvalue weighted by atomic mass is 9.74. The Balaban J connectivity index is 0.907. The minimum absolute atomic E-state index is 0.0475. The van der Waals surface area contributed by atoms with E-state index in [-0.39, 0.29) is 51.2 Å². The number of benzene rings is 10. The van der Waals surface area contributed by atoms with Crippen LogP contribution >= 0.6 is 0 Å². The molecule has 10 aromatic rings. The Labute approximate surface area is 443 Å². The number of rotatable bonds is 14. The minimum Gasteiger partial charge on any atom is -0.507 e. The molecule has 8 heteroatoms. The number of fused-ring (bicyclic) bond motifs is 6. The van der Waals surface area contributed by atoms with Crippen molar-refractivity contribution in [2.24, 2.45) is 0 Å². The van der Waals surface area contributed by atoms with Crippen molar-refractivity contribution in [2.45, 2.75) is 90.1 Å². The van der Waals surface area contributed by atoms with E-state index in [0.717, 1.165) is 33.4 Å². The first-order chi connectivity index (χ1) is 36.6. The maximum atomic E-state index is 10.7. The fraction of sp³-hybridized carbons (Fsp3) is 0.235. The van der Waals surface area contributed by atoms with Gasteiger partial charge in [0.25, 0.3) is 0 Å². The van der Waals surface area contributed by atoms with E-state index in [1.807, 2.05) is 6.07 Å². The first-order valence-electron chi connectivity index (χ1n) is 26.3. The van der Waals surface area contributed by atoms with Crippen molar-refractivity contribution in [3.05, 3.63) is 202 Å². The van der Waals surface area contributed by atoms with Gasteiger partial charge < -0.3 is 40.1 Å². The van der Waals surface area contributed by atoms with E-state index >= 15 is 0 Å². The van der Waals surface area contributed by atoms with Crippen molar-refractivity contribution in [3.63, 3.8) is 0 Å².